The number of aromatic carboxylic acids is 1. The summed E-state index contributed by atoms with van der Waals surface area (Å²) < 4.78 is 0. The Bertz CT molecular complexity index is 1470. The molecule has 5 rings (SSSR count). The molecule has 2 fully saturated rings. The molecular weight excluding hydrogens is 519 g/mol. The average molecular weight is 537 g/mol. The van der Waals surface area contributed by atoms with Gasteiger partial charge in [-0.1, -0.05) is 35.3 Å². The van der Waals surface area contributed by atoms with Gasteiger partial charge >= 0.3 is 12.0 Å². The van der Waals surface area contributed by atoms with Gasteiger partial charge in [-0.25, -0.2) is 24.5 Å². The summed E-state index contributed by atoms with van der Waals surface area (Å²) in [5.74, 6) is -1.93. The first-order chi connectivity index (χ1) is 17.6. The second-order valence-corrected chi connectivity index (χ2v) is 9.64. The molecule has 2 aromatic carbocycles. The van der Waals surface area contributed by atoms with Gasteiger partial charge in [0.15, 0.2) is 5.69 Å². The van der Waals surface area contributed by atoms with Crippen molar-refractivity contribution in [3.63, 3.8) is 0 Å². The summed E-state index contributed by atoms with van der Waals surface area (Å²) in [6.45, 7) is 0.287. The SMILES string of the molecule is CN1C(=O)N(c2cc(Cl)cc(Cl)c2)C(=O)C12CN(c1cc(C(=O)O)ncn1)CC2c1ccc(C#N)cc1. The zero-order chi connectivity index (χ0) is 26.5. The number of aromatic nitrogens is 2. The third-order valence-corrected chi connectivity index (χ3v) is 7.24. The summed E-state index contributed by atoms with van der Waals surface area (Å²) in [6, 6.07) is 14.1. The van der Waals surface area contributed by atoms with E-state index in [1.165, 1.54) is 29.2 Å². The molecule has 186 valence electrons. The third-order valence-electron chi connectivity index (χ3n) is 6.80. The van der Waals surface area contributed by atoms with Gasteiger partial charge in [-0.05, 0) is 35.9 Å². The zero-order valence-electron chi connectivity index (χ0n) is 19.3. The van der Waals surface area contributed by atoms with Crippen molar-refractivity contribution < 1.29 is 19.5 Å². The van der Waals surface area contributed by atoms with Crippen molar-refractivity contribution in [3.05, 3.63) is 81.7 Å². The van der Waals surface area contributed by atoms with Crippen molar-refractivity contribution in [1.82, 2.24) is 14.9 Å². The van der Waals surface area contributed by atoms with Crippen LogP contribution in [0.15, 0.2) is 54.9 Å². The Morgan fingerprint density at radius 2 is 1.78 bits per heavy atom. The van der Waals surface area contributed by atoms with E-state index in [9.17, 15) is 24.8 Å². The maximum atomic E-state index is 14.2. The van der Waals surface area contributed by atoms with Crippen LogP contribution in [0.3, 0.4) is 0 Å². The lowest BCUT2D eigenvalue weighted by atomic mass is 9.80. The number of halogens is 2. The number of carbonyl (C=O) groups excluding carboxylic acids is 2. The van der Waals surface area contributed by atoms with Gasteiger partial charge in [-0.15, -0.1) is 0 Å². The third kappa shape index (κ3) is 3.93. The van der Waals surface area contributed by atoms with Crippen LogP contribution in [0.1, 0.15) is 27.5 Å². The van der Waals surface area contributed by atoms with Crippen molar-refractivity contribution in [2.45, 2.75) is 11.5 Å². The Kier molecular flexibility index (Phi) is 5.98. The van der Waals surface area contributed by atoms with Gasteiger partial charge in [0.1, 0.15) is 17.7 Å². The normalized spacial score (nSPS) is 21.1. The van der Waals surface area contributed by atoms with Crippen LogP contribution in [0.4, 0.5) is 16.3 Å². The van der Waals surface area contributed by atoms with Crippen molar-refractivity contribution in [2.24, 2.45) is 0 Å². The summed E-state index contributed by atoms with van der Waals surface area (Å²) in [5, 5.41) is 19.2. The Hall–Kier alpha value is -4.20. The number of benzene rings is 2. The van der Waals surface area contributed by atoms with Crippen LogP contribution in [-0.2, 0) is 4.79 Å². The average Bonchev–Trinajstić information content (AvgIpc) is 3.37. The molecule has 1 spiro atoms. The van der Waals surface area contributed by atoms with E-state index in [2.05, 4.69) is 16.0 Å². The lowest BCUT2D eigenvalue weighted by Crippen LogP contribution is -2.53. The summed E-state index contributed by atoms with van der Waals surface area (Å²) in [6.07, 6.45) is 1.14. The minimum Gasteiger partial charge on any atom is -0.477 e. The highest BCUT2D eigenvalue weighted by Crippen LogP contribution is 2.47. The molecule has 10 nitrogen and oxygen atoms in total. The Labute approximate surface area is 221 Å². The number of urea groups is 1. The fourth-order valence-corrected chi connectivity index (χ4v) is 5.53. The zero-order valence-corrected chi connectivity index (χ0v) is 20.8. The number of imide groups is 1. The number of rotatable bonds is 4. The largest absolute Gasteiger partial charge is 0.477 e. The van der Waals surface area contributed by atoms with Crippen LogP contribution in [0, 0.1) is 11.3 Å². The molecule has 2 saturated heterocycles. The molecule has 0 aliphatic carbocycles. The Morgan fingerprint density at radius 1 is 1.11 bits per heavy atom. The molecule has 0 radical (unpaired) electrons. The Balaban J connectivity index is 1.64. The molecule has 3 aromatic rings. The lowest BCUT2D eigenvalue weighted by molar-refractivity contribution is -0.124. The molecule has 0 saturated carbocycles. The van der Waals surface area contributed by atoms with Gasteiger partial charge in [0.05, 0.1) is 23.9 Å². The number of anilines is 2. The molecule has 1 N–H and O–H groups in total. The van der Waals surface area contributed by atoms with Gasteiger partial charge in [0, 0.05) is 35.6 Å². The molecule has 3 heterocycles. The van der Waals surface area contributed by atoms with Crippen LogP contribution in [0.25, 0.3) is 0 Å². The predicted octanol–water partition coefficient (Wildman–Crippen LogP) is 3.79. The second kappa shape index (κ2) is 9.03. The minimum absolute atomic E-state index is 0.0413. The van der Waals surface area contributed by atoms with Gasteiger partial charge in [-0.3, -0.25) is 4.79 Å². The van der Waals surface area contributed by atoms with Gasteiger partial charge < -0.3 is 14.9 Å². The second-order valence-electron chi connectivity index (χ2n) is 8.77. The van der Waals surface area contributed by atoms with E-state index >= 15 is 0 Å². The lowest BCUT2D eigenvalue weighted by Gasteiger charge is -2.33. The molecule has 3 amide bonds. The van der Waals surface area contributed by atoms with E-state index in [4.69, 9.17) is 23.2 Å². The monoisotopic (exact) mass is 536 g/mol. The predicted molar refractivity (Wildman–Crippen MR) is 135 cm³/mol. The number of likely N-dealkylation sites (N-methyl/N-ethyl adjacent to an activating group) is 1. The number of nitriles is 1. The molecule has 37 heavy (non-hydrogen) atoms. The van der Waals surface area contributed by atoms with Crippen LogP contribution in [0.2, 0.25) is 10.0 Å². The van der Waals surface area contributed by atoms with E-state index in [1.54, 1.807) is 36.2 Å². The maximum Gasteiger partial charge on any atom is 0.354 e. The van der Waals surface area contributed by atoms with E-state index in [1.807, 2.05) is 0 Å². The van der Waals surface area contributed by atoms with Gasteiger partial charge in [0.2, 0.25) is 0 Å². The number of carboxylic acid groups (broad SMARTS) is 1. The molecule has 2 unspecified atom stereocenters. The smallest absolute Gasteiger partial charge is 0.354 e. The van der Waals surface area contributed by atoms with Crippen LogP contribution < -0.4 is 9.80 Å². The summed E-state index contributed by atoms with van der Waals surface area (Å²) in [7, 11) is 1.55. The first-order valence-electron chi connectivity index (χ1n) is 11.0. The highest BCUT2D eigenvalue weighted by Gasteiger charge is 2.64. The van der Waals surface area contributed by atoms with Crippen molar-refractivity contribution in [2.75, 3.05) is 29.9 Å². The highest BCUT2D eigenvalue weighted by atomic mass is 35.5. The number of nitrogens with zero attached hydrogens (tertiary/aromatic N) is 6. The Morgan fingerprint density at radius 3 is 2.41 bits per heavy atom. The number of hydrogen-bond acceptors (Lipinski definition) is 7. The molecule has 2 atom stereocenters. The maximum absolute atomic E-state index is 14.2. The number of amides is 3. The van der Waals surface area contributed by atoms with Crippen molar-refractivity contribution >= 4 is 52.6 Å². The summed E-state index contributed by atoms with van der Waals surface area (Å²) in [5.41, 5.74) is -0.143. The van der Waals surface area contributed by atoms with Crippen LogP contribution in [-0.4, -0.2) is 63.6 Å². The van der Waals surface area contributed by atoms with Crippen LogP contribution in [0.5, 0.6) is 0 Å². The quantitative estimate of drug-likeness (QED) is 0.498. The molecule has 1 aromatic heterocycles. The highest BCUT2D eigenvalue weighted by molar-refractivity contribution is 6.35. The van der Waals surface area contributed by atoms with Crippen molar-refractivity contribution in [1.29, 1.82) is 5.26 Å². The van der Waals surface area contributed by atoms with E-state index < -0.39 is 29.4 Å². The minimum atomic E-state index is -1.37. The molecule has 2 aliphatic rings. The molecular formula is C25H18Cl2N6O4. The van der Waals surface area contributed by atoms with E-state index in [0.717, 1.165) is 16.8 Å². The topological polar surface area (TPSA) is 131 Å². The van der Waals surface area contributed by atoms with Gasteiger partial charge in [-0.2, -0.15) is 5.26 Å². The summed E-state index contributed by atoms with van der Waals surface area (Å²) >= 11 is 12.3. The van der Waals surface area contributed by atoms with Crippen molar-refractivity contribution in [3.8, 4) is 6.07 Å². The van der Waals surface area contributed by atoms with E-state index in [0.29, 0.717) is 11.4 Å². The number of carbonyl (C=O) groups is 3. The first-order valence-corrected chi connectivity index (χ1v) is 11.8. The molecule has 2 aliphatic heterocycles. The number of carboxylic acids is 1. The fourth-order valence-electron chi connectivity index (χ4n) is 5.02. The molecule has 12 heteroatoms. The fraction of sp³-hybridized carbons (Fsp3) is 0.200. The van der Waals surface area contributed by atoms with E-state index in [-0.39, 0.29) is 34.5 Å². The standard InChI is InChI=1S/C25H18Cl2N6O4/c1-31-24(37)33(18-7-16(26)6-17(27)8-18)23(36)25(31)12-32(21-9-20(22(34)35)29-13-30-21)11-19(25)15-4-2-14(10-28)3-5-15/h2-9,13,19H,11-12H2,1H3,(H,34,35). The first kappa shape index (κ1) is 24.5. The number of hydrogen-bond donors (Lipinski definition) is 1. The van der Waals surface area contributed by atoms with Crippen LogP contribution >= 0.6 is 23.2 Å². The van der Waals surface area contributed by atoms with Gasteiger partial charge in [0.25, 0.3) is 5.91 Å². The summed E-state index contributed by atoms with van der Waals surface area (Å²) in [4.78, 5) is 51.5. The molecule has 0 bridgehead atoms.